The summed E-state index contributed by atoms with van der Waals surface area (Å²) in [4.78, 5) is 1.93. The van der Waals surface area contributed by atoms with Crippen LogP contribution in [0.25, 0.3) is 0 Å². The molecule has 1 aromatic rings. The number of rotatable bonds is 4. The molecule has 1 fully saturated rings. The molecule has 1 atom stereocenters. The Labute approximate surface area is 130 Å². The van der Waals surface area contributed by atoms with Gasteiger partial charge in [0.2, 0.25) is 0 Å². The van der Waals surface area contributed by atoms with E-state index in [1.165, 1.54) is 12.1 Å². The van der Waals surface area contributed by atoms with Gasteiger partial charge < -0.3 is 10.2 Å². The Morgan fingerprint density at radius 2 is 2.10 bits per heavy atom. The largest absolute Gasteiger partial charge is 0.345 e. The summed E-state index contributed by atoms with van der Waals surface area (Å²) in [5, 5.41) is 3.55. The highest BCUT2D eigenvalue weighted by Crippen LogP contribution is 2.20. The van der Waals surface area contributed by atoms with Crippen molar-refractivity contribution in [3.63, 3.8) is 0 Å². The average molecular weight is 330 g/mol. The number of sulfone groups is 1. The molecule has 0 unspecified atom stereocenters. The van der Waals surface area contributed by atoms with Gasteiger partial charge in [0.25, 0.3) is 0 Å². The van der Waals surface area contributed by atoms with E-state index >= 15 is 0 Å². The molecule has 0 aliphatic carbocycles. The Balaban J connectivity index is 2.07. The number of anilines is 1. The minimum atomic E-state index is -2.95. The molecule has 7 heteroatoms. The maximum Gasteiger partial charge on any atom is 0.173 e. The van der Waals surface area contributed by atoms with E-state index in [1.54, 1.807) is 12.1 Å². The lowest BCUT2D eigenvalue weighted by Crippen LogP contribution is -2.43. The normalized spacial score (nSPS) is 20.2. The van der Waals surface area contributed by atoms with Crippen molar-refractivity contribution < 1.29 is 12.8 Å². The molecule has 0 amide bonds. The van der Waals surface area contributed by atoms with E-state index in [9.17, 15) is 12.8 Å². The predicted octanol–water partition coefficient (Wildman–Crippen LogP) is 2.42. The molecule has 0 aromatic heterocycles. The van der Waals surface area contributed by atoms with Crippen LogP contribution in [0.4, 0.5) is 10.1 Å². The number of thiocarbonyl (C=S) groups is 1. The standard InChI is InChI=1S/C14H19FN2O2S2/c1-2-8-17(13-7-9-21(18,19)10-13)14(20)16-12-5-3-11(15)4-6-12/h3-6,13H,2,7-10H2,1H3,(H,16,20)/t13-/m0/s1. The number of benzene rings is 1. The molecule has 2 rings (SSSR count). The molecule has 1 N–H and O–H groups in total. The maximum absolute atomic E-state index is 12.9. The smallest absolute Gasteiger partial charge is 0.173 e. The second kappa shape index (κ2) is 6.70. The van der Waals surface area contributed by atoms with Crippen LogP contribution < -0.4 is 5.32 Å². The van der Waals surface area contributed by atoms with Gasteiger partial charge in [0.05, 0.1) is 11.5 Å². The van der Waals surface area contributed by atoms with Gasteiger partial charge in [-0.05, 0) is 49.3 Å². The van der Waals surface area contributed by atoms with E-state index in [0.717, 1.165) is 6.42 Å². The summed E-state index contributed by atoms with van der Waals surface area (Å²) < 4.78 is 36.2. The Bertz CT molecular complexity index is 602. The van der Waals surface area contributed by atoms with Gasteiger partial charge in [0.1, 0.15) is 5.82 Å². The molecule has 1 aliphatic rings. The third-order valence-electron chi connectivity index (χ3n) is 3.47. The lowest BCUT2D eigenvalue weighted by atomic mass is 10.2. The molecular weight excluding hydrogens is 311 g/mol. The first kappa shape index (κ1) is 16.2. The Hall–Kier alpha value is -1.21. The van der Waals surface area contributed by atoms with E-state index in [2.05, 4.69) is 5.32 Å². The summed E-state index contributed by atoms with van der Waals surface area (Å²) in [5.74, 6) is 0.0636. The third kappa shape index (κ3) is 4.38. The molecule has 1 saturated heterocycles. The molecular formula is C14H19FN2O2S2. The topological polar surface area (TPSA) is 49.4 Å². The van der Waals surface area contributed by atoms with Gasteiger partial charge in [-0.3, -0.25) is 0 Å². The van der Waals surface area contributed by atoms with Crippen LogP contribution in [0.1, 0.15) is 19.8 Å². The van der Waals surface area contributed by atoms with Gasteiger partial charge in [0, 0.05) is 18.3 Å². The number of hydrogen-bond donors (Lipinski definition) is 1. The zero-order valence-corrected chi connectivity index (χ0v) is 13.5. The molecule has 21 heavy (non-hydrogen) atoms. The number of hydrogen-bond acceptors (Lipinski definition) is 3. The summed E-state index contributed by atoms with van der Waals surface area (Å²) in [6.45, 7) is 2.73. The van der Waals surface area contributed by atoms with Crippen LogP contribution in [0, 0.1) is 5.82 Å². The molecule has 1 aromatic carbocycles. The van der Waals surface area contributed by atoms with Crippen molar-refractivity contribution >= 4 is 32.9 Å². The Kier molecular flexibility index (Phi) is 5.16. The summed E-state index contributed by atoms with van der Waals surface area (Å²) in [6.07, 6.45) is 1.48. The molecule has 116 valence electrons. The minimum Gasteiger partial charge on any atom is -0.345 e. The van der Waals surface area contributed by atoms with Crippen molar-refractivity contribution in [1.82, 2.24) is 4.90 Å². The van der Waals surface area contributed by atoms with Crippen molar-refractivity contribution in [3.8, 4) is 0 Å². The van der Waals surface area contributed by atoms with Crippen molar-refractivity contribution in [2.24, 2.45) is 0 Å². The van der Waals surface area contributed by atoms with Crippen molar-refractivity contribution in [2.75, 3.05) is 23.4 Å². The highest BCUT2D eigenvalue weighted by atomic mass is 32.2. The van der Waals surface area contributed by atoms with Gasteiger partial charge >= 0.3 is 0 Å². The first-order valence-corrected chi connectivity index (χ1v) is 9.18. The Morgan fingerprint density at radius 3 is 2.62 bits per heavy atom. The third-order valence-corrected chi connectivity index (χ3v) is 5.56. The van der Waals surface area contributed by atoms with Crippen LogP contribution in [0.3, 0.4) is 0 Å². The monoisotopic (exact) mass is 330 g/mol. The zero-order chi connectivity index (χ0) is 15.5. The lowest BCUT2D eigenvalue weighted by molar-refractivity contribution is 0.339. The summed E-state index contributed by atoms with van der Waals surface area (Å²) >= 11 is 5.39. The van der Waals surface area contributed by atoms with Crippen molar-refractivity contribution in [2.45, 2.75) is 25.8 Å². The SMILES string of the molecule is CCCN(C(=S)Nc1ccc(F)cc1)[C@H]1CCS(=O)(=O)C1. The van der Waals surface area contributed by atoms with Crippen LogP contribution in [0.5, 0.6) is 0 Å². The average Bonchev–Trinajstić information content (AvgIpc) is 2.78. The summed E-state index contributed by atoms with van der Waals surface area (Å²) in [6, 6.07) is 5.86. The zero-order valence-electron chi connectivity index (χ0n) is 11.9. The molecule has 0 radical (unpaired) electrons. The van der Waals surface area contributed by atoms with E-state index in [4.69, 9.17) is 12.2 Å². The van der Waals surface area contributed by atoms with Crippen LogP contribution in [0.15, 0.2) is 24.3 Å². The second-order valence-electron chi connectivity index (χ2n) is 5.19. The minimum absolute atomic E-state index is 0.0737. The van der Waals surface area contributed by atoms with Crippen LogP contribution >= 0.6 is 12.2 Å². The van der Waals surface area contributed by atoms with Crippen LogP contribution in [-0.2, 0) is 9.84 Å². The predicted molar refractivity (Wildman–Crippen MR) is 86.7 cm³/mol. The van der Waals surface area contributed by atoms with Crippen molar-refractivity contribution in [3.05, 3.63) is 30.1 Å². The van der Waals surface area contributed by atoms with Gasteiger partial charge in [-0.2, -0.15) is 0 Å². The fourth-order valence-electron chi connectivity index (χ4n) is 2.44. The molecule has 4 nitrogen and oxygen atoms in total. The highest BCUT2D eigenvalue weighted by molar-refractivity contribution is 7.91. The van der Waals surface area contributed by atoms with E-state index in [-0.39, 0.29) is 23.4 Å². The molecule has 1 heterocycles. The molecule has 0 spiro atoms. The fourth-order valence-corrected chi connectivity index (χ4v) is 4.53. The number of halogens is 1. The van der Waals surface area contributed by atoms with Gasteiger partial charge in [-0.15, -0.1) is 0 Å². The van der Waals surface area contributed by atoms with E-state index < -0.39 is 9.84 Å². The van der Waals surface area contributed by atoms with Crippen molar-refractivity contribution in [1.29, 1.82) is 0 Å². The highest BCUT2D eigenvalue weighted by Gasteiger charge is 2.33. The van der Waals surface area contributed by atoms with E-state index in [0.29, 0.717) is 23.8 Å². The fraction of sp³-hybridized carbons (Fsp3) is 0.500. The number of nitrogens with zero attached hydrogens (tertiary/aromatic N) is 1. The van der Waals surface area contributed by atoms with Crippen LogP contribution in [0.2, 0.25) is 0 Å². The molecule has 0 saturated carbocycles. The summed E-state index contributed by atoms with van der Waals surface area (Å²) in [5.41, 5.74) is 0.698. The first-order chi connectivity index (χ1) is 9.91. The van der Waals surface area contributed by atoms with Gasteiger partial charge in [0.15, 0.2) is 14.9 Å². The van der Waals surface area contributed by atoms with E-state index in [1.807, 2.05) is 11.8 Å². The summed E-state index contributed by atoms with van der Waals surface area (Å²) in [7, 11) is -2.95. The first-order valence-electron chi connectivity index (χ1n) is 6.95. The van der Waals surface area contributed by atoms with Gasteiger partial charge in [-0.25, -0.2) is 12.8 Å². The maximum atomic E-state index is 12.9. The Morgan fingerprint density at radius 1 is 1.43 bits per heavy atom. The quantitative estimate of drug-likeness (QED) is 0.859. The lowest BCUT2D eigenvalue weighted by Gasteiger charge is -2.30. The number of nitrogens with one attached hydrogen (secondary N) is 1. The van der Waals surface area contributed by atoms with Gasteiger partial charge in [-0.1, -0.05) is 6.92 Å². The van der Waals surface area contributed by atoms with Crippen LogP contribution in [-0.4, -0.2) is 42.5 Å². The second-order valence-corrected chi connectivity index (χ2v) is 7.80. The molecule has 0 bridgehead atoms. The molecule has 1 aliphatic heterocycles.